The minimum atomic E-state index is -0.508. The number of hydrogen-bond donors (Lipinski definition) is 3. The molecule has 1 aliphatic rings. The molecule has 0 aliphatic heterocycles. The highest BCUT2D eigenvalue weighted by molar-refractivity contribution is 5.87. The van der Waals surface area contributed by atoms with E-state index in [1.54, 1.807) is 0 Å². The van der Waals surface area contributed by atoms with E-state index in [1.165, 1.54) is 12.8 Å². The Morgan fingerprint density at radius 1 is 1.13 bits per heavy atom. The number of carbonyl (C=O) groups excluding carboxylic acids is 2. The molecule has 1 aromatic carbocycles. The lowest BCUT2D eigenvalue weighted by Gasteiger charge is -2.24. The van der Waals surface area contributed by atoms with Crippen LogP contribution in [0, 0.1) is 5.92 Å². The molecule has 1 aliphatic carbocycles. The van der Waals surface area contributed by atoms with Crippen molar-refractivity contribution in [2.24, 2.45) is 5.92 Å². The minimum absolute atomic E-state index is 0.0406. The quantitative estimate of drug-likeness (QED) is 0.754. The van der Waals surface area contributed by atoms with Crippen LogP contribution in [-0.2, 0) is 11.3 Å². The van der Waals surface area contributed by atoms with Crippen molar-refractivity contribution in [2.45, 2.75) is 58.2 Å². The molecule has 3 N–H and O–H groups in total. The average Bonchev–Trinajstić information content (AvgIpc) is 3.04. The Morgan fingerprint density at radius 3 is 2.39 bits per heavy atom. The van der Waals surface area contributed by atoms with Crippen LogP contribution in [0.4, 0.5) is 4.79 Å². The van der Waals surface area contributed by atoms with Gasteiger partial charge in [-0.3, -0.25) is 4.79 Å². The summed E-state index contributed by atoms with van der Waals surface area (Å²) < 4.78 is 0. The van der Waals surface area contributed by atoms with E-state index in [-0.39, 0.29) is 23.9 Å². The third kappa shape index (κ3) is 5.58. The smallest absolute Gasteiger partial charge is 0.315 e. The van der Waals surface area contributed by atoms with Crippen molar-refractivity contribution in [3.63, 3.8) is 0 Å². The Labute approximate surface area is 138 Å². The molecule has 2 rings (SSSR count). The lowest BCUT2D eigenvalue weighted by molar-refractivity contribution is -0.124. The zero-order valence-electron chi connectivity index (χ0n) is 14.0. The molecule has 0 heterocycles. The lowest BCUT2D eigenvalue weighted by atomic mass is 10.0. The summed E-state index contributed by atoms with van der Waals surface area (Å²) in [5.74, 6) is -0.0411. The molecule has 0 saturated heterocycles. The molecule has 0 aromatic heterocycles. The fourth-order valence-electron chi connectivity index (χ4n) is 2.87. The third-order valence-electron chi connectivity index (χ3n) is 4.23. The largest absolute Gasteiger partial charge is 0.352 e. The van der Waals surface area contributed by atoms with Gasteiger partial charge in [-0.15, -0.1) is 0 Å². The number of hydrogen-bond acceptors (Lipinski definition) is 2. The molecule has 1 fully saturated rings. The van der Waals surface area contributed by atoms with E-state index in [0.29, 0.717) is 6.54 Å². The Hall–Kier alpha value is -2.04. The van der Waals surface area contributed by atoms with Crippen LogP contribution >= 0.6 is 0 Å². The standard InChI is InChI=1S/C18H27N3O2/c1-13(2)16(17(22)20-15-10-6-7-11-15)21-18(23)19-12-14-8-4-3-5-9-14/h3-5,8-9,13,15-16H,6-7,10-12H2,1-2H3,(H,20,22)(H2,19,21,23)/t16-/m1/s1. The zero-order chi connectivity index (χ0) is 16.7. The highest BCUT2D eigenvalue weighted by atomic mass is 16.2. The number of amides is 3. The number of carbonyl (C=O) groups is 2. The third-order valence-corrected chi connectivity index (χ3v) is 4.23. The van der Waals surface area contributed by atoms with E-state index < -0.39 is 6.04 Å². The molecular weight excluding hydrogens is 290 g/mol. The summed E-state index contributed by atoms with van der Waals surface area (Å²) in [6, 6.07) is 9.14. The molecule has 0 bridgehead atoms. The summed E-state index contributed by atoms with van der Waals surface area (Å²) in [6.07, 6.45) is 4.41. The van der Waals surface area contributed by atoms with Gasteiger partial charge in [0.15, 0.2) is 0 Å². The Kier molecular flexibility index (Phi) is 6.44. The Balaban J connectivity index is 1.82. The van der Waals surface area contributed by atoms with Crippen LogP contribution in [0.5, 0.6) is 0 Å². The summed E-state index contributed by atoms with van der Waals surface area (Å²) >= 11 is 0. The van der Waals surface area contributed by atoms with Gasteiger partial charge in [0.2, 0.25) is 5.91 Å². The molecule has 1 atom stereocenters. The van der Waals surface area contributed by atoms with Crippen LogP contribution in [0.2, 0.25) is 0 Å². The van der Waals surface area contributed by atoms with Crippen LogP contribution in [-0.4, -0.2) is 24.0 Å². The van der Waals surface area contributed by atoms with Gasteiger partial charge in [0.25, 0.3) is 0 Å². The van der Waals surface area contributed by atoms with Gasteiger partial charge in [-0.2, -0.15) is 0 Å². The topological polar surface area (TPSA) is 70.2 Å². The Morgan fingerprint density at radius 2 is 1.78 bits per heavy atom. The van der Waals surface area contributed by atoms with Gasteiger partial charge in [0.1, 0.15) is 6.04 Å². The first kappa shape index (κ1) is 17.3. The highest BCUT2D eigenvalue weighted by Gasteiger charge is 2.27. The molecule has 0 radical (unpaired) electrons. The molecule has 1 saturated carbocycles. The van der Waals surface area contributed by atoms with Gasteiger partial charge in [-0.25, -0.2) is 4.79 Å². The van der Waals surface area contributed by atoms with Crippen molar-refractivity contribution in [2.75, 3.05) is 0 Å². The van der Waals surface area contributed by atoms with E-state index in [2.05, 4.69) is 16.0 Å². The van der Waals surface area contributed by atoms with Crippen LogP contribution in [0.25, 0.3) is 0 Å². The molecule has 3 amide bonds. The molecule has 5 nitrogen and oxygen atoms in total. The summed E-state index contributed by atoms with van der Waals surface area (Å²) in [5.41, 5.74) is 1.03. The number of rotatable bonds is 6. The van der Waals surface area contributed by atoms with Gasteiger partial charge in [-0.05, 0) is 24.3 Å². The average molecular weight is 317 g/mol. The van der Waals surface area contributed by atoms with Crippen molar-refractivity contribution < 1.29 is 9.59 Å². The molecular formula is C18H27N3O2. The van der Waals surface area contributed by atoms with Crippen molar-refractivity contribution >= 4 is 11.9 Å². The van der Waals surface area contributed by atoms with E-state index in [0.717, 1.165) is 18.4 Å². The van der Waals surface area contributed by atoms with Crippen molar-refractivity contribution in [1.82, 2.24) is 16.0 Å². The summed E-state index contributed by atoms with van der Waals surface area (Å²) in [5, 5.41) is 8.66. The monoisotopic (exact) mass is 317 g/mol. The second kappa shape index (κ2) is 8.56. The maximum atomic E-state index is 12.4. The van der Waals surface area contributed by atoms with Crippen LogP contribution in [0.1, 0.15) is 45.1 Å². The maximum Gasteiger partial charge on any atom is 0.315 e. The first-order valence-corrected chi connectivity index (χ1v) is 8.45. The molecule has 0 spiro atoms. The SMILES string of the molecule is CC(C)[C@@H](NC(=O)NCc1ccccc1)C(=O)NC1CCCC1. The normalized spacial score (nSPS) is 16.1. The van der Waals surface area contributed by atoms with Crippen molar-refractivity contribution in [1.29, 1.82) is 0 Å². The predicted octanol–water partition coefficient (Wildman–Crippen LogP) is 2.57. The van der Waals surface area contributed by atoms with Gasteiger partial charge in [0, 0.05) is 12.6 Å². The molecule has 5 heteroatoms. The lowest BCUT2D eigenvalue weighted by Crippen LogP contribution is -2.53. The van der Waals surface area contributed by atoms with Crippen molar-refractivity contribution in [3.05, 3.63) is 35.9 Å². The van der Waals surface area contributed by atoms with E-state index >= 15 is 0 Å². The predicted molar refractivity (Wildman–Crippen MR) is 90.8 cm³/mol. The number of nitrogens with one attached hydrogen (secondary N) is 3. The van der Waals surface area contributed by atoms with Crippen LogP contribution < -0.4 is 16.0 Å². The van der Waals surface area contributed by atoms with Gasteiger partial charge in [0.05, 0.1) is 0 Å². The fourth-order valence-corrected chi connectivity index (χ4v) is 2.87. The second-order valence-corrected chi connectivity index (χ2v) is 6.52. The highest BCUT2D eigenvalue weighted by Crippen LogP contribution is 2.18. The summed E-state index contributed by atoms with van der Waals surface area (Å²) in [7, 11) is 0. The summed E-state index contributed by atoms with van der Waals surface area (Å²) in [6.45, 7) is 4.33. The molecule has 23 heavy (non-hydrogen) atoms. The summed E-state index contributed by atoms with van der Waals surface area (Å²) in [4.78, 5) is 24.5. The zero-order valence-corrected chi connectivity index (χ0v) is 14.0. The number of benzene rings is 1. The first-order chi connectivity index (χ1) is 11.1. The number of urea groups is 1. The molecule has 1 aromatic rings. The van der Waals surface area contributed by atoms with Crippen LogP contribution in [0.3, 0.4) is 0 Å². The fraction of sp³-hybridized carbons (Fsp3) is 0.556. The van der Waals surface area contributed by atoms with Gasteiger partial charge in [-0.1, -0.05) is 57.0 Å². The van der Waals surface area contributed by atoms with E-state index in [1.807, 2.05) is 44.2 Å². The first-order valence-electron chi connectivity index (χ1n) is 8.45. The second-order valence-electron chi connectivity index (χ2n) is 6.52. The maximum absolute atomic E-state index is 12.4. The molecule has 0 unspecified atom stereocenters. The molecule has 126 valence electrons. The van der Waals surface area contributed by atoms with Gasteiger partial charge >= 0.3 is 6.03 Å². The minimum Gasteiger partial charge on any atom is -0.352 e. The van der Waals surface area contributed by atoms with Crippen molar-refractivity contribution in [3.8, 4) is 0 Å². The van der Waals surface area contributed by atoms with E-state index in [4.69, 9.17) is 0 Å². The van der Waals surface area contributed by atoms with E-state index in [9.17, 15) is 9.59 Å². The van der Waals surface area contributed by atoms with Gasteiger partial charge < -0.3 is 16.0 Å². The van der Waals surface area contributed by atoms with Crippen LogP contribution in [0.15, 0.2) is 30.3 Å². The Bertz CT molecular complexity index is 510.